The minimum atomic E-state index is 0.829. The third-order valence-corrected chi connectivity index (χ3v) is 3.33. The Kier molecular flexibility index (Phi) is 7.26. The van der Waals surface area contributed by atoms with E-state index in [0.717, 1.165) is 19.0 Å². The fourth-order valence-electron chi connectivity index (χ4n) is 1.30. The molecule has 3 heteroatoms. The summed E-state index contributed by atoms with van der Waals surface area (Å²) in [4.78, 5) is 4.09. The van der Waals surface area contributed by atoms with Crippen molar-refractivity contribution in [1.29, 1.82) is 0 Å². The van der Waals surface area contributed by atoms with Gasteiger partial charge in [-0.3, -0.25) is 4.98 Å². The normalized spacial score (nSPS) is 10.9. The Morgan fingerprint density at radius 3 is 2.94 bits per heavy atom. The minimum absolute atomic E-state index is 0.829. The molecule has 0 unspecified atom stereocenters. The van der Waals surface area contributed by atoms with Gasteiger partial charge in [0.15, 0.2) is 0 Å². The van der Waals surface area contributed by atoms with Crippen LogP contribution >= 0.6 is 11.8 Å². The van der Waals surface area contributed by atoms with Crippen LogP contribution in [0.5, 0.6) is 0 Å². The molecule has 16 heavy (non-hydrogen) atoms. The second-order valence-corrected chi connectivity index (χ2v) is 5.56. The summed E-state index contributed by atoms with van der Waals surface area (Å²) in [6.45, 7) is 6.57. The van der Waals surface area contributed by atoms with Crippen molar-refractivity contribution in [2.45, 2.75) is 26.8 Å². The Hall–Kier alpha value is -0.540. The molecule has 0 saturated heterocycles. The first-order valence-electron chi connectivity index (χ1n) is 5.96. The molecule has 0 radical (unpaired) electrons. The predicted octanol–water partition coefficient (Wildman–Crippen LogP) is 2.95. The van der Waals surface area contributed by atoms with Gasteiger partial charge in [-0.25, -0.2) is 0 Å². The predicted molar refractivity (Wildman–Crippen MR) is 72.7 cm³/mol. The van der Waals surface area contributed by atoms with Gasteiger partial charge in [0.2, 0.25) is 0 Å². The van der Waals surface area contributed by atoms with E-state index >= 15 is 0 Å². The van der Waals surface area contributed by atoms with Gasteiger partial charge >= 0.3 is 0 Å². The van der Waals surface area contributed by atoms with Crippen LogP contribution in [0.1, 0.15) is 25.8 Å². The number of pyridine rings is 1. The molecule has 0 spiro atoms. The van der Waals surface area contributed by atoms with Crippen molar-refractivity contribution in [2.75, 3.05) is 18.1 Å². The van der Waals surface area contributed by atoms with E-state index in [4.69, 9.17) is 0 Å². The lowest BCUT2D eigenvalue weighted by molar-refractivity contribution is 0.631. The number of nitrogens with zero attached hydrogens (tertiary/aromatic N) is 1. The van der Waals surface area contributed by atoms with Gasteiger partial charge < -0.3 is 5.32 Å². The molecule has 0 saturated carbocycles. The van der Waals surface area contributed by atoms with E-state index in [1.54, 1.807) is 0 Å². The van der Waals surface area contributed by atoms with E-state index in [2.05, 4.69) is 30.2 Å². The summed E-state index contributed by atoms with van der Waals surface area (Å²) in [6, 6.07) is 4.08. The monoisotopic (exact) mass is 238 g/mol. The molecule has 2 nitrogen and oxygen atoms in total. The van der Waals surface area contributed by atoms with E-state index in [1.165, 1.54) is 23.5 Å². The van der Waals surface area contributed by atoms with Gasteiger partial charge in [0.25, 0.3) is 0 Å². The van der Waals surface area contributed by atoms with Gasteiger partial charge in [0, 0.05) is 31.2 Å². The van der Waals surface area contributed by atoms with Crippen LogP contribution in [0.2, 0.25) is 0 Å². The Morgan fingerprint density at radius 2 is 2.25 bits per heavy atom. The lowest BCUT2D eigenvalue weighted by atomic mass is 10.2. The first-order chi connectivity index (χ1) is 7.79. The zero-order chi connectivity index (χ0) is 11.6. The number of rotatable bonds is 8. The van der Waals surface area contributed by atoms with E-state index in [9.17, 15) is 0 Å². The van der Waals surface area contributed by atoms with Crippen LogP contribution in [0.15, 0.2) is 24.5 Å². The van der Waals surface area contributed by atoms with E-state index in [0.29, 0.717) is 0 Å². The van der Waals surface area contributed by atoms with Crippen molar-refractivity contribution in [1.82, 2.24) is 10.3 Å². The lowest BCUT2D eigenvalue weighted by Crippen LogP contribution is -2.16. The van der Waals surface area contributed by atoms with Crippen LogP contribution in [0, 0.1) is 5.92 Å². The smallest absolute Gasteiger partial charge is 0.0312 e. The second-order valence-electron chi connectivity index (χ2n) is 4.33. The van der Waals surface area contributed by atoms with Gasteiger partial charge in [-0.15, -0.1) is 0 Å². The summed E-state index contributed by atoms with van der Waals surface area (Å²) >= 11 is 2.04. The molecule has 0 fully saturated rings. The highest BCUT2D eigenvalue weighted by atomic mass is 32.2. The average Bonchev–Trinajstić information content (AvgIpc) is 2.29. The number of aromatic nitrogens is 1. The minimum Gasteiger partial charge on any atom is -0.312 e. The van der Waals surface area contributed by atoms with Crippen LogP contribution in [-0.4, -0.2) is 23.0 Å². The van der Waals surface area contributed by atoms with Gasteiger partial charge in [0.1, 0.15) is 0 Å². The van der Waals surface area contributed by atoms with Gasteiger partial charge in [0.05, 0.1) is 0 Å². The molecule has 90 valence electrons. The summed E-state index contributed by atoms with van der Waals surface area (Å²) in [7, 11) is 0. The fourth-order valence-corrected chi connectivity index (χ4v) is 2.43. The molecular formula is C13H22N2S. The topological polar surface area (TPSA) is 24.9 Å². The highest BCUT2D eigenvalue weighted by Crippen LogP contribution is 2.07. The SMILES string of the molecule is CC(C)CCSCCNCc1cccnc1. The van der Waals surface area contributed by atoms with Crippen LogP contribution in [0.25, 0.3) is 0 Å². The molecule has 1 aromatic heterocycles. The van der Waals surface area contributed by atoms with Crippen LogP contribution in [-0.2, 0) is 6.54 Å². The maximum Gasteiger partial charge on any atom is 0.0312 e. The summed E-state index contributed by atoms with van der Waals surface area (Å²) in [5.74, 6) is 3.31. The maximum atomic E-state index is 4.09. The molecule has 1 heterocycles. The Balaban J connectivity index is 1.93. The van der Waals surface area contributed by atoms with Crippen molar-refractivity contribution in [3.8, 4) is 0 Å². The number of nitrogens with one attached hydrogen (secondary N) is 1. The van der Waals surface area contributed by atoms with Crippen molar-refractivity contribution in [3.05, 3.63) is 30.1 Å². The van der Waals surface area contributed by atoms with Crippen molar-refractivity contribution < 1.29 is 0 Å². The number of thioether (sulfide) groups is 1. The quantitative estimate of drug-likeness (QED) is 0.705. The third-order valence-electron chi connectivity index (χ3n) is 2.31. The summed E-state index contributed by atoms with van der Waals surface area (Å²) in [5, 5.41) is 3.43. The molecule has 1 N–H and O–H groups in total. The second kappa shape index (κ2) is 8.59. The zero-order valence-corrected chi connectivity index (χ0v) is 11.1. The molecule has 0 bridgehead atoms. The van der Waals surface area contributed by atoms with Crippen LogP contribution in [0.3, 0.4) is 0 Å². The third kappa shape index (κ3) is 6.85. The van der Waals surface area contributed by atoms with Gasteiger partial charge in [-0.05, 0) is 29.7 Å². The molecule has 0 aliphatic heterocycles. The van der Waals surface area contributed by atoms with Gasteiger partial charge in [-0.2, -0.15) is 11.8 Å². The number of hydrogen-bond acceptors (Lipinski definition) is 3. The Bertz CT molecular complexity index is 262. The summed E-state index contributed by atoms with van der Waals surface area (Å²) < 4.78 is 0. The molecule has 0 aliphatic rings. The molecule has 0 aromatic carbocycles. The van der Waals surface area contributed by atoms with E-state index in [1.807, 2.05) is 30.2 Å². The van der Waals surface area contributed by atoms with Crippen molar-refractivity contribution >= 4 is 11.8 Å². The van der Waals surface area contributed by atoms with Crippen LogP contribution in [0.4, 0.5) is 0 Å². The average molecular weight is 238 g/mol. The zero-order valence-electron chi connectivity index (χ0n) is 10.3. The first-order valence-corrected chi connectivity index (χ1v) is 7.12. The van der Waals surface area contributed by atoms with E-state index in [-0.39, 0.29) is 0 Å². The Labute approximate surface area is 103 Å². The molecular weight excluding hydrogens is 216 g/mol. The maximum absolute atomic E-state index is 4.09. The highest BCUT2D eigenvalue weighted by molar-refractivity contribution is 7.99. The standard InChI is InChI=1S/C13H22N2S/c1-12(2)5-8-16-9-7-15-11-13-4-3-6-14-10-13/h3-4,6,10,12,15H,5,7-9,11H2,1-2H3. The molecule has 1 aromatic rings. The van der Waals surface area contributed by atoms with Crippen molar-refractivity contribution in [3.63, 3.8) is 0 Å². The molecule has 1 rings (SSSR count). The van der Waals surface area contributed by atoms with Crippen LogP contribution < -0.4 is 5.32 Å². The number of hydrogen-bond donors (Lipinski definition) is 1. The van der Waals surface area contributed by atoms with E-state index < -0.39 is 0 Å². The summed E-state index contributed by atoms with van der Waals surface area (Å²) in [6.07, 6.45) is 5.05. The molecule has 0 atom stereocenters. The van der Waals surface area contributed by atoms with Crippen molar-refractivity contribution in [2.24, 2.45) is 5.92 Å². The summed E-state index contributed by atoms with van der Waals surface area (Å²) in [5.41, 5.74) is 1.26. The largest absolute Gasteiger partial charge is 0.312 e. The van der Waals surface area contributed by atoms with Gasteiger partial charge in [-0.1, -0.05) is 19.9 Å². The molecule has 0 aliphatic carbocycles. The lowest BCUT2D eigenvalue weighted by Gasteiger charge is -2.06. The highest BCUT2D eigenvalue weighted by Gasteiger charge is 1.95. The fraction of sp³-hybridized carbons (Fsp3) is 0.615. The first kappa shape index (κ1) is 13.5. The molecule has 0 amide bonds. The Morgan fingerprint density at radius 1 is 1.38 bits per heavy atom.